The number of nitrogen functional groups attached to an aromatic ring is 1. The predicted octanol–water partition coefficient (Wildman–Crippen LogP) is 2.42. The van der Waals surface area contributed by atoms with E-state index >= 15 is 0 Å². The highest BCUT2D eigenvalue weighted by Crippen LogP contribution is 2.25. The molecule has 1 amide bonds. The lowest BCUT2D eigenvalue weighted by Crippen LogP contribution is -2.35. The summed E-state index contributed by atoms with van der Waals surface area (Å²) in [6.45, 7) is 4.85. The summed E-state index contributed by atoms with van der Waals surface area (Å²) in [6.07, 6.45) is 1.01. The molecule has 5 heteroatoms. The number of amides is 1. The average molecular weight is 283 g/mol. The molecule has 1 saturated heterocycles. The summed E-state index contributed by atoms with van der Waals surface area (Å²) >= 11 is 6.11. The van der Waals surface area contributed by atoms with Crippen molar-refractivity contribution in [3.05, 3.63) is 28.8 Å². The molecule has 1 aliphatic rings. The Morgan fingerprint density at radius 1 is 1.58 bits per heavy atom. The third-order valence-corrected chi connectivity index (χ3v) is 3.85. The Labute approximate surface area is 118 Å². The number of rotatable bonds is 4. The van der Waals surface area contributed by atoms with E-state index in [1.165, 1.54) is 0 Å². The van der Waals surface area contributed by atoms with E-state index in [-0.39, 0.29) is 5.91 Å². The first-order valence-corrected chi connectivity index (χ1v) is 6.92. The average Bonchev–Trinajstić information content (AvgIpc) is 2.91. The van der Waals surface area contributed by atoms with E-state index < -0.39 is 0 Å². The monoisotopic (exact) mass is 282 g/mol. The van der Waals surface area contributed by atoms with Crippen LogP contribution in [0.2, 0.25) is 5.02 Å². The molecule has 1 heterocycles. The van der Waals surface area contributed by atoms with Crippen LogP contribution in [-0.4, -0.2) is 37.1 Å². The van der Waals surface area contributed by atoms with E-state index in [9.17, 15) is 4.79 Å². The highest BCUT2D eigenvalue weighted by molar-refractivity contribution is 6.36. The van der Waals surface area contributed by atoms with E-state index in [0.717, 1.165) is 19.6 Å². The summed E-state index contributed by atoms with van der Waals surface area (Å²) in [5, 5.41) is 0.341. The Hall–Kier alpha value is -1.26. The molecule has 0 aliphatic carbocycles. The maximum absolute atomic E-state index is 12.5. The van der Waals surface area contributed by atoms with Gasteiger partial charge in [-0.2, -0.15) is 0 Å². The number of anilines is 1. The zero-order chi connectivity index (χ0) is 13.8. The van der Waals surface area contributed by atoms with Crippen molar-refractivity contribution in [2.24, 2.45) is 5.92 Å². The van der Waals surface area contributed by atoms with Crippen molar-refractivity contribution in [1.29, 1.82) is 0 Å². The van der Waals surface area contributed by atoms with Gasteiger partial charge >= 0.3 is 0 Å². The van der Waals surface area contributed by atoms with Crippen LogP contribution in [0, 0.1) is 5.92 Å². The molecule has 0 saturated carbocycles. The second-order valence-corrected chi connectivity index (χ2v) is 5.16. The van der Waals surface area contributed by atoms with Gasteiger partial charge in [0.25, 0.3) is 5.91 Å². The number of ether oxygens (including phenoxy) is 1. The van der Waals surface area contributed by atoms with Gasteiger partial charge in [0, 0.05) is 25.6 Å². The second kappa shape index (κ2) is 6.26. The molecule has 0 spiro atoms. The summed E-state index contributed by atoms with van der Waals surface area (Å²) < 4.78 is 5.35. The molecule has 0 bridgehead atoms. The largest absolute Gasteiger partial charge is 0.398 e. The fraction of sp³-hybridized carbons (Fsp3) is 0.500. The van der Waals surface area contributed by atoms with Crippen molar-refractivity contribution in [2.45, 2.75) is 13.3 Å². The lowest BCUT2D eigenvalue weighted by atomic mass is 10.1. The summed E-state index contributed by atoms with van der Waals surface area (Å²) in [5.74, 6) is 0.357. The molecule has 19 heavy (non-hydrogen) atoms. The Bertz CT molecular complexity index is 459. The molecular weight excluding hydrogens is 264 g/mol. The van der Waals surface area contributed by atoms with Crippen LogP contribution >= 0.6 is 11.6 Å². The Morgan fingerprint density at radius 3 is 3.00 bits per heavy atom. The van der Waals surface area contributed by atoms with Crippen molar-refractivity contribution >= 4 is 23.2 Å². The molecule has 0 aromatic heterocycles. The van der Waals surface area contributed by atoms with E-state index in [1.807, 2.05) is 6.92 Å². The van der Waals surface area contributed by atoms with Gasteiger partial charge in [-0.05, 0) is 25.5 Å². The Balaban J connectivity index is 2.13. The first kappa shape index (κ1) is 14.2. The van der Waals surface area contributed by atoms with E-state index in [4.69, 9.17) is 22.1 Å². The number of carbonyl (C=O) groups excluding carboxylic acids is 1. The normalized spacial score (nSPS) is 18.5. The standard InChI is InChI=1S/C14H19ClN2O2/c1-2-17(8-10-6-7-19-9-10)14(18)11-4-3-5-12(16)13(11)15/h3-5,10H,2,6-9,16H2,1H3. The lowest BCUT2D eigenvalue weighted by Gasteiger charge is -2.24. The minimum Gasteiger partial charge on any atom is -0.398 e. The van der Waals surface area contributed by atoms with Crippen LogP contribution in [0.4, 0.5) is 5.69 Å². The predicted molar refractivity (Wildman–Crippen MR) is 76.4 cm³/mol. The number of hydrogen-bond acceptors (Lipinski definition) is 3. The zero-order valence-corrected chi connectivity index (χ0v) is 11.8. The summed E-state index contributed by atoms with van der Waals surface area (Å²) in [6, 6.07) is 5.16. The quantitative estimate of drug-likeness (QED) is 0.863. The van der Waals surface area contributed by atoms with E-state index in [0.29, 0.717) is 35.3 Å². The van der Waals surface area contributed by atoms with Gasteiger partial charge in [-0.1, -0.05) is 17.7 Å². The lowest BCUT2D eigenvalue weighted by molar-refractivity contribution is 0.0731. The Morgan fingerprint density at radius 2 is 2.37 bits per heavy atom. The maximum Gasteiger partial charge on any atom is 0.255 e. The number of nitrogens with zero attached hydrogens (tertiary/aromatic N) is 1. The van der Waals surface area contributed by atoms with Gasteiger partial charge in [0.1, 0.15) is 0 Å². The van der Waals surface area contributed by atoms with Gasteiger partial charge in [-0.25, -0.2) is 0 Å². The molecule has 1 atom stereocenters. The number of carbonyl (C=O) groups is 1. The van der Waals surface area contributed by atoms with E-state index in [1.54, 1.807) is 23.1 Å². The minimum absolute atomic E-state index is 0.0632. The highest BCUT2D eigenvalue weighted by atomic mass is 35.5. The van der Waals surface area contributed by atoms with Gasteiger partial charge in [0.2, 0.25) is 0 Å². The molecule has 1 aromatic carbocycles. The topological polar surface area (TPSA) is 55.6 Å². The number of benzene rings is 1. The first-order valence-electron chi connectivity index (χ1n) is 6.54. The van der Waals surface area contributed by atoms with Crippen LogP contribution in [0.25, 0.3) is 0 Å². The molecule has 4 nitrogen and oxygen atoms in total. The van der Waals surface area contributed by atoms with Gasteiger partial charge in [-0.3, -0.25) is 4.79 Å². The molecular formula is C14H19ClN2O2. The van der Waals surface area contributed by atoms with Crippen molar-refractivity contribution < 1.29 is 9.53 Å². The van der Waals surface area contributed by atoms with Crippen molar-refractivity contribution in [3.8, 4) is 0 Å². The summed E-state index contributed by atoms with van der Waals surface area (Å²) in [4.78, 5) is 14.3. The smallest absolute Gasteiger partial charge is 0.255 e. The summed E-state index contributed by atoms with van der Waals surface area (Å²) in [7, 11) is 0. The number of nitrogens with two attached hydrogens (primary N) is 1. The molecule has 2 rings (SSSR count). The highest BCUT2D eigenvalue weighted by Gasteiger charge is 2.23. The van der Waals surface area contributed by atoms with Gasteiger partial charge in [0.05, 0.1) is 22.9 Å². The molecule has 1 aliphatic heterocycles. The first-order chi connectivity index (χ1) is 9.13. The summed E-state index contributed by atoms with van der Waals surface area (Å²) in [5.41, 5.74) is 6.65. The minimum atomic E-state index is -0.0632. The van der Waals surface area contributed by atoms with Gasteiger partial charge in [0.15, 0.2) is 0 Å². The molecule has 1 aromatic rings. The molecule has 2 N–H and O–H groups in total. The molecule has 104 valence electrons. The second-order valence-electron chi connectivity index (χ2n) is 4.78. The fourth-order valence-corrected chi connectivity index (χ4v) is 2.49. The SMILES string of the molecule is CCN(CC1CCOC1)C(=O)c1cccc(N)c1Cl. The molecule has 1 fully saturated rings. The third kappa shape index (κ3) is 3.19. The van der Waals surface area contributed by atoms with Gasteiger partial charge in [-0.15, -0.1) is 0 Å². The van der Waals surface area contributed by atoms with Crippen LogP contribution in [0.5, 0.6) is 0 Å². The van der Waals surface area contributed by atoms with Crippen molar-refractivity contribution in [3.63, 3.8) is 0 Å². The Kier molecular flexibility index (Phi) is 4.66. The third-order valence-electron chi connectivity index (χ3n) is 3.43. The van der Waals surface area contributed by atoms with Crippen molar-refractivity contribution in [1.82, 2.24) is 4.90 Å². The van der Waals surface area contributed by atoms with Crippen molar-refractivity contribution in [2.75, 3.05) is 32.0 Å². The van der Waals surface area contributed by atoms with Crippen LogP contribution in [-0.2, 0) is 4.74 Å². The maximum atomic E-state index is 12.5. The number of hydrogen-bond donors (Lipinski definition) is 1. The number of halogens is 1. The zero-order valence-electron chi connectivity index (χ0n) is 11.1. The van der Waals surface area contributed by atoms with Crippen LogP contribution in [0.15, 0.2) is 18.2 Å². The van der Waals surface area contributed by atoms with Crippen LogP contribution < -0.4 is 5.73 Å². The molecule has 0 radical (unpaired) electrons. The van der Waals surface area contributed by atoms with Crippen LogP contribution in [0.1, 0.15) is 23.7 Å². The fourth-order valence-electron chi connectivity index (χ4n) is 2.28. The van der Waals surface area contributed by atoms with Crippen LogP contribution in [0.3, 0.4) is 0 Å². The molecule has 1 unspecified atom stereocenters. The van der Waals surface area contributed by atoms with E-state index in [2.05, 4.69) is 0 Å². The van der Waals surface area contributed by atoms with Gasteiger partial charge < -0.3 is 15.4 Å².